The molecule has 0 unspecified atom stereocenters. The largest absolute Gasteiger partial charge is 2.00 e. The number of fused-ring (bicyclic) bond motifs is 8. The zero-order valence-corrected chi connectivity index (χ0v) is 41.1. The summed E-state index contributed by atoms with van der Waals surface area (Å²) >= 11 is 0. The van der Waals surface area contributed by atoms with Gasteiger partial charge in [-0.1, -0.05) is 50.1 Å². The Morgan fingerprint density at radius 3 is 2.04 bits per heavy atom. The van der Waals surface area contributed by atoms with Gasteiger partial charge in [-0.05, 0) is 45.6 Å². The fourth-order valence-corrected chi connectivity index (χ4v) is 7.69. The van der Waals surface area contributed by atoms with Crippen LogP contribution in [0.5, 0.6) is 0 Å². The number of aromatic nitrogens is 4. The van der Waals surface area contributed by atoms with Crippen LogP contribution in [0, 0.1) is 13.8 Å². The van der Waals surface area contributed by atoms with Crippen molar-refractivity contribution in [3.63, 3.8) is 0 Å². The number of aryl methyl sites for hydroxylation is 2. The minimum atomic E-state index is -4.64. The van der Waals surface area contributed by atoms with Gasteiger partial charge in [-0.2, -0.15) is 0 Å². The number of ether oxygens (including phenoxy) is 1. The summed E-state index contributed by atoms with van der Waals surface area (Å²) < 4.78 is 39.1. The van der Waals surface area contributed by atoms with Crippen molar-refractivity contribution in [2.45, 2.75) is 90.9 Å². The Balaban J connectivity index is 0.00000348. The fourth-order valence-electron chi connectivity index (χ4n) is 7.34. The predicted octanol–water partition coefficient (Wildman–Crippen LogP) is -2.90. The Labute approximate surface area is 419 Å². The van der Waals surface area contributed by atoms with Crippen molar-refractivity contribution < 1.29 is 165 Å². The van der Waals surface area contributed by atoms with Crippen molar-refractivity contribution in [2.24, 2.45) is 0 Å². The van der Waals surface area contributed by atoms with E-state index >= 15 is 0 Å². The van der Waals surface area contributed by atoms with E-state index in [2.05, 4.69) is 5.32 Å². The van der Waals surface area contributed by atoms with Crippen LogP contribution >= 0.6 is 0 Å². The summed E-state index contributed by atoms with van der Waals surface area (Å²) in [4.78, 5) is 71.4. The number of carboxylic acid groups (broad SMARTS) is 1. The van der Waals surface area contributed by atoms with Crippen LogP contribution in [-0.2, 0) is 51.3 Å². The topological polar surface area (TPSA) is 224 Å². The molecule has 3 aromatic heterocycles. The van der Waals surface area contributed by atoms with Crippen molar-refractivity contribution in [3.8, 4) is 0 Å². The van der Waals surface area contributed by atoms with Crippen molar-refractivity contribution in [2.75, 3.05) is 19.4 Å². The number of nitrogens with one attached hydrogen (secondary N) is 1. The maximum Gasteiger partial charge on any atom is 2.00 e. The molecule has 55 heavy (non-hydrogen) atoms. The first kappa shape index (κ1) is 50.2. The first-order valence-corrected chi connectivity index (χ1v) is 18.7. The van der Waals surface area contributed by atoms with Crippen molar-refractivity contribution in [3.05, 3.63) is 68.8 Å². The van der Waals surface area contributed by atoms with Crippen molar-refractivity contribution in [1.29, 1.82) is 0 Å². The van der Waals surface area contributed by atoms with E-state index in [4.69, 9.17) is 24.7 Å². The number of nitrogens with zero attached hydrogens (tertiary/aromatic N) is 4. The minimum Gasteiger partial charge on any atom is -0.748 e. The molecule has 0 spiro atoms. The number of carbonyl (C=O) groups excluding carboxylic acids is 4. The quantitative estimate of drug-likeness (QED) is 0.0884. The number of hydrogen-bond acceptors (Lipinski definition) is 11. The van der Waals surface area contributed by atoms with Crippen LogP contribution < -0.4 is 123 Å². The molecule has 286 valence electrons. The molecular weight excluding hydrogens is 875 g/mol. The van der Waals surface area contributed by atoms with Crippen molar-refractivity contribution >= 4 is 55.8 Å². The minimum absolute atomic E-state index is 0. The summed E-state index contributed by atoms with van der Waals surface area (Å²) in [6, 6.07) is 5.34. The summed E-state index contributed by atoms with van der Waals surface area (Å²) in [7, 11) is -3.43. The number of rotatable bonds is 11. The molecule has 5 heterocycles. The van der Waals surface area contributed by atoms with Crippen LogP contribution in [0.1, 0.15) is 131 Å². The SMILES string of the molecule is CC[C@H]1c2cc3[n-]c(c(CC(=O)OC)c4nc(cc5[n-]c(cc(n2)[C@@H]1C)c(C(C)=O)c5C)[C@@H](C)[C@@H]4CCC(=O)[O-])c(C(=O)NCCS(=O)(=O)[O-])c3C.[K+].[K+].[Pd+2]. The predicted molar refractivity (Wildman–Crippen MR) is 188 cm³/mol. The molecule has 1 amide bonds. The summed E-state index contributed by atoms with van der Waals surface area (Å²) in [6.07, 6.45) is 0.0578. The van der Waals surface area contributed by atoms with E-state index in [1.54, 1.807) is 26.0 Å². The molecule has 0 saturated heterocycles. The van der Waals surface area contributed by atoms with Gasteiger partial charge in [0.15, 0.2) is 5.78 Å². The van der Waals surface area contributed by atoms with Crippen molar-refractivity contribution in [1.82, 2.24) is 25.3 Å². The molecule has 2 aliphatic rings. The molecule has 0 aliphatic carbocycles. The number of carbonyl (C=O) groups is 4. The molecule has 4 atom stereocenters. The Bertz CT molecular complexity index is 2260. The standard InChI is InChI=1S/C37H45N5O9S.2K.Pd/c1-8-22-17(2)25-16-30-33(21(6)43)19(4)27(40-30)14-26-18(3)23(9-10-31(44)45)35(41-26)24(13-32(46)51-7)36-34(37(47)38-11-12-52(48,49)50)20(5)28(42-36)15-29(22)39-25;;;/h14-18,22-23H,8-13H2,1-7H3,(H5,38,39,40,41,42,43,44,45,47,48,49,50);;;/q;2*+1;+2/p-4/t17-,18+,22-,23+;;;/m1.../s1. The number of methoxy groups -OCH3 is 1. The van der Waals surface area contributed by atoms with Crippen LogP contribution in [-0.4, -0.2) is 66.0 Å². The normalized spacial score (nSPS) is 17.6. The maximum absolute atomic E-state index is 13.9. The number of Topliss-reactive ketones (excluding diaryl/α,β-unsaturated/α-hetero) is 1. The molecule has 0 saturated carbocycles. The third-order valence-electron chi connectivity index (χ3n) is 10.2. The van der Waals surface area contributed by atoms with E-state index in [1.165, 1.54) is 14.0 Å². The van der Waals surface area contributed by atoms with Gasteiger partial charge >= 0.3 is 129 Å². The van der Waals surface area contributed by atoms with E-state index in [0.29, 0.717) is 62.4 Å². The Morgan fingerprint density at radius 2 is 1.45 bits per heavy atom. The molecule has 0 fully saturated rings. The average molecular weight is 916 g/mol. The second-order valence-corrected chi connectivity index (χ2v) is 15.0. The molecule has 0 radical (unpaired) electrons. The number of carboxylic acids is 1. The van der Waals surface area contributed by atoms with Gasteiger partial charge in [0.25, 0.3) is 0 Å². The molecule has 3 aromatic rings. The third-order valence-corrected chi connectivity index (χ3v) is 10.9. The molecule has 2 aliphatic heterocycles. The Hall–Kier alpha value is -0.955. The van der Waals surface area contributed by atoms with Crippen LogP contribution in [0.25, 0.3) is 22.1 Å². The van der Waals surface area contributed by atoms with Gasteiger partial charge in [0.2, 0.25) is 5.91 Å². The zero-order valence-electron chi connectivity index (χ0n) is 32.5. The second kappa shape index (κ2) is 20.8. The van der Waals surface area contributed by atoms with Gasteiger partial charge in [-0.3, -0.25) is 24.4 Å². The number of aliphatic carboxylic acids is 1. The maximum atomic E-state index is 13.9. The third kappa shape index (κ3) is 11.2. The average Bonchev–Trinajstić information content (AvgIpc) is 3.74. The van der Waals surface area contributed by atoms with Gasteiger partial charge in [-0.25, -0.2) is 8.42 Å². The number of hydrogen-bond donors (Lipinski definition) is 1. The first-order chi connectivity index (χ1) is 24.4. The Kier molecular flexibility index (Phi) is 19.0. The van der Waals surface area contributed by atoms with Crippen LogP contribution in [0.15, 0.2) is 18.2 Å². The zero-order chi connectivity index (χ0) is 38.2. The van der Waals surface area contributed by atoms with Crippen LogP contribution in [0.4, 0.5) is 0 Å². The van der Waals surface area contributed by atoms with Gasteiger partial charge in [0.1, 0.15) is 0 Å². The summed E-state index contributed by atoms with van der Waals surface area (Å²) in [5, 5.41) is 14.2. The number of amides is 1. The Morgan fingerprint density at radius 1 is 0.891 bits per heavy atom. The van der Waals surface area contributed by atoms with Gasteiger partial charge in [0.05, 0.1) is 29.4 Å². The molecule has 14 nitrogen and oxygen atoms in total. The van der Waals surface area contributed by atoms with E-state index in [9.17, 15) is 37.3 Å². The second-order valence-electron chi connectivity index (χ2n) is 13.5. The van der Waals surface area contributed by atoms with E-state index in [-0.39, 0.29) is 170 Å². The van der Waals surface area contributed by atoms with Gasteiger partial charge in [-0.15, -0.1) is 22.1 Å². The molecule has 0 aromatic carbocycles. The van der Waals surface area contributed by atoms with Gasteiger partial charge < -0.3 is 34.5 Å². The summed E-state index contributed by atoms with van der Waals surface area (Å²) in [5.41, 5.74) is 5.35. The molecule has 8 bridgehead atoms. The summed E-state index contributed by atoms with van der Waals surface area (Å²) in [6.45, 7) is 10.4. The smallest absolute Gasteiger partial charge is 0.748 e. The molecule has 1 N–H and O–H groups in total. The number of esters is 1. The number of ketones is 1. The molecular formula is C37H41K2N5O9PdS. The molecule has 5 rings (SSSR count). The first-order valence-electron chi connectivity index (χ1n) is 17.1. The fraction of sp³-hybridized carbons (Fsp3) is 0.459. The monoisotopic (exact) mass is 915 g/mol. The van der Waals surface area contributed by atoms with E-state index < -0.39 is 58.5 Å². The van der Waals surface area contributed by atoms with Crippen LogP contribution in [0.3, 0.4) is 0 Å². The summed E-state index contributed by atoms with van der Waals surface area (Å²) in [5.74, 6) is -4.82. The molecule has 18 heteroatoms. The van der Waals surface area contributed by atoms with E-state index in [0.717, 1.165) is 0 Å². The van der Waals surface area contributed by atoms with E-state index in [1.807, 2.05) is 26.8 Å². The van der Waals surface area contributed by atoms with Gasteiger partial charge in [0, 0.05) is 70.1 Å². The van der Waals surface area contributed by atoms with Crippen LogP contribution in [0.2, 0.25) is 0 Å².